The number of hydrogen-bond donors (Lipinski definition) is 2. The maximum atomic E-state index is 9.01. The number of aliphatic hydroxyl groups excluding tert-OH is 1. The Kier molecular flexibility index (Phi) is 2.74. The molecule has 0 amide bonds. The summed E-state index contributed by atoms with van der Waals surface area (Å²) in [4.78, 5) is 0. The zero-order chi connectivity index (χ0) is 11.9. The zero-order valence-electron chi connectivity index (χ0n) is 9.16. The lowest BCUT2D eigenvalue weighted by Crippen LogP contribution is -2.29. The minimum Gasteiger partial charge on any atom is -0.449 e. The van der Waals surface area contributed by atoms with Crippen molar-refractivity contribution in [1.82, 2.24) is 0 Å². The van der Waals surface area contributed by atoms with Crippen LogP contribution in [0.5, 0.6) is 11.5 Å². The van der Waals surface area contributed by atoms with E-state index < -0.39 is 11.8 Å². The normalized spacial score (nSPS) is 18.6. The highest BCUT2D eigenvalue weighted by Crippen LogP contribution is 2.43. The van der Waals surface area contributed by atoms with Crippen molar-refractivity contribution in [2.45, 2.75) is 25.7 Å². The van der Waals surface area contributed by atoms with E-state index in [9.17, 15) is 0 Å². The van der Waals surface area contributed by atoms with E-state index >= 15 is 0 Å². The first-order valence-electron chi connectivity index (χ1n) is 5.01. The summed E-state index contributed by atoms with van der Waals surface area (Å²) in [5, 5.41) is 9.48. The predicted octanol–water partition coefficient (Wildman–Crippen LogP) is 1.84. The molecule has 0 bridgehead atoms. The standard InChI is InChI=1S/C11H14ClNO3/c1-11(2)15-9-3-6(8(13)5-14)7(12)4-10(9)16-11/h3-4,8,14H,5,13H2,1-2H3. The van der Waals surface area contributed by atoms with Crippen LogP contribution in [0, 0.1) is 0 Å². The summed E-state index contributed by atoms with van der Waals surface area (Å²) in [6.07, 6.45) is 0. The van der Waals surface area contributed by atoms with Crippen molar-refractivity contribution < 1.29 is 14.6 Å². The first kappa shape index (κ1) is 11.5. The molecule has 0 saturated heterocycles. The fourth-order valence-corrected chi connectivity index (χ4v) is 1.94. The molecule has 1 atom stereocenters. The maximum absolute atomic E-state index is 9.01. The summed E-state index contributed by atoms with van der Waals surface area (Å²) < 4.78 is 11.1. The minimum absolute atomic E-state index is 0.164. The molecular weight excluding hydrogens is 230 g/mol. The topological polar surface area (TPSA) is 64.7 Å². The van der Waals surface area contributed by atoms with Gasteiger partial charge in [-0.3, -0.25) is 0 Å². The lowest BCUT2D eigenvalue weighted by atomic mass is 10.1. The number of rotatable bonds is 2. The number of fused-ring (bicyclic) bond motifs is 1. The highest BCUT2D eigenvalue weighted by Gasteiger charge is 2.32. The molecule has 0 radical (unpaired) electrons. The number of benzene rings is 1. The van der Waals surface area contributed by atoms with Gasteiger partial charge in [-0.15, -0.1) is 0 Å². The Labute approximate surface area is 98.9 Å². The molecule has 4 nitrogen and oxygen atoms in total. The van der Waals surface area contributed by atoms with Gasteiger partial charge in [-0.25, -0.2) is 0 Å². The quantitative estimate of drug-likeness (QED) is 0.832. The Morgan fingerprint density at radius 1 is 1.38 bits per heavy atom. The van der Waals surface area contributed by atoms with Gasteiger partial charge in [0.15, 0.2) is 11.5 Å². The van der Waals surface area contributed by atoms with E-state index in [1.165, 1.54) is 0 Å². The van der Waals surface area contributed by atoms with Gasteiger partial charge in [-0.2, -0.15) is 0 Å². The van der Waals surface area contributed by atoms with Gasteiger partial charge in [0.1, 0.15) is 0 Å². The van der Waals surface area contributed by atoms with Gasteiger partial charge < -0.3 is 20.3 Å². The molecule has 2 rings (SSSR count). The van der Waals surface area contributed by atoms with Gasteiger partial charge in [0.25, 0.3) is 0 Å². The molecule has 1 aromatic rings. The van der Waals surface area contributed by atoms with Gasteiger partial charge >= 0.3 is 0 Å². The molecule has 0 saturated carbocycles. The van der Waals surface area contributed by atoms with Gasteiger partial charge in [-0.05, 0) is 11.6 Å². The SMILES string of the molecule is CC1(C)Oc2cc(Cl)c(C(N)CO)cc2O1. The molecule has 1 aliphatic rings. The molecule has 1 aromatic carbocycles. The molecule has 0 aromatic heterocycles. The van der Waals surface area contributed by atoms with Crippen molar-refractivity contribution >= 4 is 11.6 Å². The molecule has 1 heterocycles. The summed E-state index contributed by atoms with van der Waals surface area (Å²) in [6.45, 7) is 3.46. The smallest absolute Gasteiger partial charge is 0.246 e. The Morgan fingerprint density at radius 2 is 1.94 bits per heavy atom. The molecule has 16 heavy (non-hydrogen) atoms. The number of aliphatic hydroxyl groups is 1. The molecule has 3 N–H and O–H groups in total. The second-order valence-corrected chi connectivity index (χ2v) is 4.62. The third-order valence-corrected chi connectivity index (χ3v) is 2.70. The lowest BCUT2D eigenvalue weighted by Gasteiger charge is -2.16. The van der Waals surface area contributed by atoms with Gasteiger partial charge in [0, 0.05) is 24.9 Å². The molecular formula is C11H14ClNO3. The first-order valence-corrected chi connectivity index (χ1v) is 5.38. The van der Waals surface area contributed by atoms with Crippen molar-refractivity contribution in [3.05, 3.63) is 22.7 Å². The van der Waals surface area contributed by atoms with Crippen LogP contribution in [0.3, 0.4) is 0 Å². The average molecular weight is 244 g/mol. The summed E-state index contributed by atoms with van der Waals surface area (Å²) in [7, 11) is 0. The first-order chi connectivity index (χ1) is 7.43. The number of halogens is 1. The molecule has 1 aliphatic heterocycles. The number of ether oxygens (including phenoxy) is 2. The molecule has 0 aliphatic carbocycles. The summed E-state index contributed by atoms with van der Waals surface area (Å²) >= 11 is 6.05. The predicted molar refractivity (Wildman–Crippen MR) is 60.8 cm³/mol. The van der Waals surface area contributed by atoms with E-state index in [1.807, 2.05) is 13.8 Å². The van der Waals surface area contributed by atoms with Crippen LogP contribution in [0.25, 0.3) is 0 Å². The fourth-order valence-electron chi connectivity index (χ4n) is 1.64. The molecule has 0 spiro atoms. The molecule has 5 heteroatoms. The largest absolute Gasteiger partial charge is 0.449 e. The van der Waals surface area contributed by atoms with Crippen LogP contribution in [-0.4, -0.2) is 17.5 Å². The summed E-state index contributed by atoms with van der Waals surface area (Å²) in [5.74, 6) is 0.519. The third-order valence-electron chi connectivity index (χ3n) is 2.37. The van der Waals surface area contributed by atoms with Crippen molar-refractivity contribution in [2.24, 2.45) is 5.73 Å². The van der Waals surface area contributed by atoms with Crippen LogP contribution in [0.2, 0.25) is 5.02 Å². The van der Waals surface area contributed by atoms with E-state index in [2.05, 4.69) is 0 Å². The van der Waals surface area contributed by atoms with Crippen molar-refractivity contribution in [3.63, 3.8) is 0 Å². The second-order valence-electron chi connectivity index (χ2n) is 4.21. The van der Waals surface area contributed by atoms with Crippen LogP contribution < -0.4 is 15.2 Å². The van der Waals surface area contributed by atoms with Crippen LogP contribution >= 0.6 is 11.6 Å². The van der Waals surface area contributed by atoms with E-state index in [1.54, 1.807) is 12.1 Å². The van der Waals surface area contributed by atoms with Crippen molar-refractivity contribution in [1.29, 1.82) is 0 Å². The van der Waals surface area contributed by atoms with E-state index in [0.29, 0.717) is 22.1 Å². The Balaban J connectivity index is 2.41. The molecule has 1 unspecified atom stereocenters. The summed E-state index contributed by atoms with van der Waals surface area (Å²) in [5.41, 5.74) is 6.38. The Bertz CT molecular complexity index is 420. The molecule has 88 valence electrons. The third kappa shape index (κ3) is 1.96. The Morgan fingerprint density at radius 3 is 2.50 bits per heavy atom. The van der Waals surface area contributed by atoms with Gasteiger partial charge in [0.2, 0.25) is 5.79 Å². The van der Waals surface area contributed by atoms with Gasteiger partial charge in [0.05, 0.1) is 12.6 Å². The average Bonchev–Trinajstić information content (AvgIpc) is 2.48. The molecule has 0 fully saturated rings. The monoisotopic (exact) mass is 243 g/mol. The number of hydrogen-bond acceptors (Lipinski definition) is 4. The van der Waals surface area contributed by atoms with E-state index in [4.69, 9.17) is 31.9 Å². The number of nitrogens with two attached hydrogens (primary N) is 1. The zero-order valence-corrected chi connectivity index (χ0v) is 9.91. The highest BCUT2D eigenvalue weighted by atomic mass is 35.5. The summed E-state index contributed by atoms with van der Waals surface area (Å²) in [6, 6.07) is 2.87. The van der Waals surface area contributed by atoms with Crippen LogP contribution in [0.1, 0.15) is 25.5 Å². The van der Waals surface area contributed by atoms with Crippen molar-refractivity contribution in [2.75, 3.05) is 6.61 Å². The van der Waals surface area contributed by atoms with Crippen molar-refractivity contribution in [3.8, 4) is 11.5 Å². The minimum atomic E-state index is -0.687. The lowest BCUT2D eigenvalue weighted by molar-refractivity contribution is -0.0431. The van der Waals surface area contributed by atoms with Crippen LogP contribution in [-0.2, 0) is 0 Å². The second kappa shape index (κ2) is 3.80. The fraction of sp³-hybridized carbons (Fsp3) is 0.455. The maximum Gasteiger partial charge on any atom is 0.246 e. The highest BCUT2D eigenvalue weighted by molar-refractivity contribution is 6.31. The van der Waals surface area contributed by atoms with Gasteiger partial charge in [-0.1, -0.05) is 11.6 Å². The van der Waals surface area contributed by atoms with E-state index in [0.717, 1.165) is 0 Å². The van der Waals surface area contributed by atoms with E-state index in [-0.39, 0.29) is 6.61 Å². The Hall–Kier alpha value is -0.970. The van der Waals surface area contributed by atoms with Crippen LogP contribution in [0.15, 0.2) is 12.1 Å². The van der Waals surface area contributed by atoms with Crippen LogP contribution in [0.4, 0.5) is 0 Å².